The van der Waals surface area contributed by atoms with E-state index in [-0.39, 0.29) is 18.1 Å². The molecular weight excluding hydrogens is 411 g/mol. The van der Waals surface area contributed by atoms with Gasteiger partial charge in [-0.1, -0.05) is 18.2 Å². The van der Waals surface area contributed by atoms with Gasteiger partial charge in [-0.25, -0.2) is 14.1 Å². The molecule has 0 unspecified atom stereocenters. The minimum absolute atomic E-state index is 0.140. The van der Waals surface area contributed by atoms with E-state index in [0.717, 1.165) is 5.69 Å². The maximum Gasteiger partial charge on any atom is 0.276 e. The third kappa shape index (κ3) is 4.86. The van der Waals surface area contributed by atoms with Crippen LogP contribution in [0.4, 0.5) is 4.39 Å². The highest BCUT2D eigenvalue weighted by atomic mass is 19.1. The average Bonchev–Trinajstić information content (AvgIpc) is 2.80. The second-order valence-corrected chi connectivity index (χ2v) is 6.99. The summed E-state index contributed by atoms with van der Waals surface area (Å²) in [6, 6.07) is 19.6. The Bertz CT molecular complexity index is 1310. The molecule has 0 saturated carbocycles. The summed E-state index contributed by atoms with van der Waals surface area (Å²) >= 11 is 0. The Morgan fingerprint density at radius 1 is 1.06 bits per heavy atom. The van der Waals surface area contributed by atoms with E-state index in [1.165, 1.54) is 36.5 Å². The van der Waals surface area contributed by atoms with Crippen molar-refractivity contribution in [3.05, 3.63) is 112 Å². The molecule has 0 aliphatic heterocycles. The first kappa shape index (κ1) is 20.9. The van der Waals surface area contributed by atoms with Crippen LogP contribution in [-0.4, -0.2) is 20.7 Å². The molecule has 1 amide bonds. The zero-order valence-corrected chi connectivity index (χ0v) is 17.2. The van der Waals surface area contributed by atoms with Crippen molar-refractivity contribution in [2.75, 3.05) is 0 Å². The van der Waals surface area contributed by atoms with Gasteiger partial charge in [-0.2, -0.15) is 5.10 Å². The van der Waals surface area contributed by atoms with Gasteiger partial charge in [-0.05, 0) is 55.0 Å². The summed E-state index contributed by atoms with van der Waals surface area (Å²) in [5, 5.41) is 6.96. The largest absolute Gasteiger partial charge is 0.439 e. The number of amides is 1. The highest BCUT2D eigenvalue weighted by Crippen LogP contribution is 2.20. The topological polar surface area (TPSA) is 86.1 Å². The predicted molar refractivity (Wildman–Crippen MR) is 116 cm³/mol. The van der Waals surface area contributed by atoms with Crippen molar-refractivity contribution >= 4 is 5.91 Å². The highest BCUT2D eigenvalue weighted by Gasteiger charge is 2.15. The minimum Gasteiger partial charge on any atom is -0.439 e. The number of nitrogens with zero attached hydrogens (tertiary/aromatic N) is 3. The number of aryl methyl sites for hydroxylation is 1. The summed E-state index contributed by atoms with van der Waals surface area (Å²) in [7, 11) is 0. The third-order valence-corrected chi connectivity index (χ3v) is 4.61. The quantitative estimate of drug-likeness (QED) is 0.503. The van der Waals surface area contributed by atoms with E-state index in [4.69, 9.17) is 4.74 Å². The first-order valence-corrected chi connectivity index (χ1v) is 9.82. The molecule has 2 aromatic carbocycles. The van der Waals surface area contributed by atoms with E-state index in [9.17, 15) is 14.0 Å². The SMILES string of the molecule is Cc1cc(=O)c(C(=O)NCc2ccnc(Oc3ccc(F)cc3)c2)nn1-c1ccccc1. The van der Waals surface area contributed by atoms with Crippen molar-refractivity contribution in [2.24, 2.45) is 0 Å². The van der Waals surface area contributed by atoms with Gasteiger partial charge in [0.15, 0.2) is 5.69 Å². The monoisotopic (exact) mass is 430 g/mol. The molecule has 0 radical (unpaired) electrons. The highest BCUT2D eigenvalue weighted by molar-refractivity contribution is 5.92. The lowest BCUT2D eigenvalue weighted by Gasteiger charge is -2.11. The van der Waals surface area contributed by atoms with Crippen molar-refractivity contribution in [3.8, 4) is 17.3 Å². The van der Waals surface area contributed by atoms with Gasteiger partial charge in [0.05, 0.1) is 5.69 Å². The van der Waals surface area contributed by atoms with E-state index in [2.05, 4.69) is 15.4 Å². The average molecular weight is 430 g/mol. The van der Waals surface area contributed by atoms with E-state index in [1.54, 1.807) is 23.7 Å². The van der Waals surface area contributed by atoms with Crippen molar-refractivity contribution in [1.29, 1.82) is 0 Å². The van der Waals surface area contributed by atoms with Gasteiger partial charge in [-0.3, -0.25) is 9.59 Å². The van der Waals surface area contributed by atoms with Crippen LogP contribution < -0.4 is 15.5 Å². The molecule has 4 rings (SSSR count). The fourth-order valence-electron chi connectivity index (χ4n) is 3.04. The standard InChI is InChI=1S/C24H19FN4O3/c1-16-13-21(30)23(28-29(16)19-5-3-2-4-6-19)24(31)27-15-17-11-12-26-22(14-17)32-20-9-7-18(25)8-10-20/h2-14H,15H2,1H3,(H,27,31). The van der Waals surface area contributed by atoms with Crippen LogP contribution in [0.25, 0.3) is 5.69 Å². The van der Waals surface area contributed by atoms with E-state index >= 15 is 0 Å². The molecule has 8 heteroatoms. The maximum absolute atomic E-state index is 13.0. The Morgan fingerprint density at radius 2 is 1.81 bits per heavy atom. The van der Waals surface area contributed by atoms with Crippen LogP contribution in [0.15, 0.2) is 83.8 Å². The summed E-state index contributed by atoms with van der Waals surface area (Å²) in [5.41, 5.74) is 1.42. The Kier molecular flexibility index (Phi) is 6.03. The van der Waals surface area contributed by atoms with Gasteiger partial charge < -0.3 is 10.1 Å². The fraction of sp³-hybridized carbons (Fsp3) is 0.0833. The minimum atomic E-state index is -0.586. The van der Waals surface area contributed by atoms with E-state index in [0.29, 0.717) is 22.9 Å². The second kappa shape index (κ2) is 9.22. The Labute approximate surface area is 183 Å². The molecule has 0 fully saturated rings. The number of ether oxygens (including phenoxy) is 1. The Balaban J connectivity index is 1.48. The molecular formula is C24H19FN4O3. The summed E-state index contributed by atoms with van der Waals surface area (Å²) in [6.07, 6.45) is 1.53. The second-order valence-electron chi connectivity index (χ2n) is 6.99. The molecule has 0 atom stereocenters. The molecule has 0 bridgehead atoms. The number of aromatic nitrogens is 3. The van der Waals surface area contributed by atoms with Gasteiger partial charge in [0.1, 0.15) is 11.6 Å². The summed E-state index contributed by atoms with van der Waals surface area (Å²) < 4.78 is 20.2. The number of hydrogen-bond donors (Lipinski definition) is 1. The van der Waals surface area contributed by atoms with Crippen molar-refractivity contribution < 1.29 is 13.9 Å². The van der Waals surface area contributed by atoms with Gasteiger partial charge in [-0.15, -0.1) is 0 Å². The summed E-state index contributed by atoms with van der Waals surface area (Å²) in [5.74, 6) is -0.219. The third-order valence-electron chi connectivity index (χ3n) is 4.61. The zero-order valence-electron chi connectivity index (χ0n) is 17.2. The number of hydrogen-bond acceptors (Lipinski definition) is 5. The number of halogens is 1. The van der Waals surface area contributed by atoms with Crippen LogP contribution in [0.2, 0.25) is 0 Å². The molecule has 0 aliphatic rings. The molecule has 0 saturated heterocycles. The molecule has 0 spiro atoms. The number of pyridine rings is 1. The molecule has 2 heterocycles. The number of rotatable bonds is 6. The zero-order chi connectivity index (χ0) is 22.5. The number of para-hydroxylation sites is 1. The van der Waals surface area contributed by atoms with Gasteiger partial charge >= 0.3 is 0 Å². The number of carbonyl (C=O) groups is 1. The van der Waals surface area contributed by atoms with Crippen LogP contribution in [-0.2, 0) is 6.54 Å². The van der Waals surface area contributed by atoms with Crippen LogP contribution in [0, 0.1) is 12.7 Å². The molecule has 7 nitrogen and oxygen atoms in total. The maximum atomic E-state index is 13.0. The predicted octanol–water partition coefficient (Wildman–Crippen LogP) is 3.80. The number of carbonyl (C=O) groups excluding carboxylic acids is 1. The lowest BCUT2D eigenvalue weighted by molar-refractivity contribution is 0.0943. The van der Waals surface area contributed by atoms with Gasteiger partial charge in [0.2, 0.25) is 11.3 Å². The first-order chi connectivity index (χ1) is 15.5. The molecule has 160 valence electrons. The Hall–Kier alpha value is -4.33. The molecule has 1 N–H and O–H groups in total. The van der Waals surface area contributed by atoms with Crippen LogP contribution in [0.3, 0.4) is 0 Å². The molecule has 32 heavy (non-hydrogen) atoms. The van der Waals surface area contributed by atoms with E-state index < -0.39 is 11.3 Å². The lowest BCUT2D eigenvalue weighted by Crippen LogP contribution is -2.31. The van der Waals surface area contributed by atoms with Crippen molar-refractivity contribution in [2.45, 2.75) is 13.5 Å². The first-order valence-electron chi connectivity index (χ1n) is 9.82. The van der Waals surface area contributed by atoms with Crippen molar-refractivity contribution in [3.63, 3.8) is 0 Å². The summed E-state index contributed by atoms with van der Waals surface area (Å²) in [4.78, 5) is 29.2. The molecule has 4 aromatic rings. The molecule has 2 aromatic heterocycles. The fourth-order valence-corrected chi connectivity index (χ4v) is 3.04. The van der Waals surface area contributed by atoms with Crippen LogP contribution in [0.1, 0.15) is 21.7 Å². The van der Waals surface area contributed by atoms with Crippen LogP contribution >= 0.6 is 0 Å². The normalized spacial score (nSPS) is 10.6. The summed E-state index contributed by atoms with van der Waals surface area (Å²) in [6.45, 7) is 1.89. The van der Waals surface area contributed by atoms with Crippen molar-refractivity contribution in [1.82, 2.24) is 20.1 Å². The van der Waals surface area contributed by atoms with Gasteiger partial charge in [0.25, 0.3) is 5.91 Å². The number of benzene rings is 2. The lowest BCUT2D eigenvalue weighted by atomic mass is 10.2. The number of nitrogens with one attached hydrogen (secondary N) is 1. The smallest absolute Gasteiger partial charge is 0.276 e. The molecule has 0 aliphatic carbocycles. The van der Waals surface area contributed by atoms with Gasteiger partial charge in [0, 0.05) is 30.6 Å². The van der Waals surface area contributed by atoms with E-state index in [1.807, 2.05) is 30.3 Å². The van der Waals surface area contributed by atoms with Crippen LogP contribution in [0.5, 0.6) is 11.6 Å². The Morgan fingerprint density at radius 3 is 2.56 bits per heavy atom.